The Labute approximate surface area is 76.3 Å². The maximum atomic E-state index is 10.2. The van der Waals surface area contributed by atoms with E-state index in [4.69, 9.17) is 10.8 Å². The normalized spacial score (nSPS) is 7.64. The second-order valence-corrected chi connectivity index (χ2v) is 1.31. The monoisotopic (exact) mass is 229 g/mol. The van der Waals surface area contributed by atoms with E-state index in [0.29, 0.717) is 0 Å². The van der Waals surface area contributed by atoms with Gasteiger partial charge in [0.05, 0.1) is 5.91 Å². The average Bonchev–Trinajstić information content (AvgIpc) is 2.04. The molecule has 0 aliphatic heterocycles. The van der Waals surface area contributed by atoms with Crippen molar-refractivity contribution in [1.82, 2.24) is 0 Å². The van der Waals surface area contributed by atoms with Gasteiger partial charge in [-0.15, -0.1) is 0 Å². The number of halogens is 1. The van der Waals surface area contributed by atoms with Crippen molar-refractivity contribution >= 4 is 22.0 Å². The van der Waals surface area contributed by atoms with Crippen molar-refractivity contribution in [1.29, 1.82) is 0 Å². The van der Waals surface area contributed by atoms with Crippen LogP contribution in [0.15, 0.2) is 0 Å². The number of carbonyl (C=O) groups excluding carboxylic acids is 1. The van der Waals surface area contributed by atoms with E-state index in [0.717, 1.165) is 0 Å². The van der Waals surface area contributed by atoms with Crippen LogP contribution in [0.5, 0.6) is 0 Å². The van der Waals surface area contributed by atoms with Gasteiger partial charge in [0.15, 0.2) is 0 Å². The number of hydrogen-bond acceptors (Lipinski definition) is 3. The van der Waals surface area contributed by atoms with Gasteiger partial charge in [0.25, 0.3) is 5.97 Å². The maximum absolute atomic E-state index is 10.2. The van der Waals surface area contributed by atoms with Crippen LogP contribution in [0.1, 0.15) is 0 Å². The third-order valence-electron chi connectivity index (χ3n) is 0.565. The van der Waals surface area contributed by atoms with E-state index in [1.165, 1.54) is 0 Å². The van der Waals surface area contributed by atoms with Crippen molar-refractivity contribution in [3.05, 3.63) is 5.32 Å². The summed E-state index contributed by atoms with van der Waals surface area (Å²) in [6.45, 7) is -0.719. The Kier molecular flexibility index (Phi) is 11.7. The molecule has 0 aliphatic carbocycles. The number of nitrogens with two attached hydrogens (primary N) is 1. The summed E-state index contributed by atoms with van der Waals surface area (Å²) in [7, 11) is 4.20. The molecule has 0 aromatic rings. The van der Waals surface area contributed by atoms with Gasteiger partial charge < -0.3 is 21.0 Å². The van der Waals surface area contributed by atoms with E-state index in [-0.39, 0.29) is 6.54 Å². The Balaban J connectivity index is 0. The molecular formula is C4H7ClCuN2O3. The summed E-state index contributed by atoms with van der Waals surface area (Å²) in [5, 5.41) is 11.0. The number of hydrogen-bond donors (Lipinski definition) is 2. The van der Waals surface area contributed by atoms with Crippen LogP contribution in [0.3, 0.4) is 0 Å². The minimum absolute atomic E-state index is 0.229. The van der Waals surface area contributed by atoms with Crippen molar-refractivity contribution in [2.75, 3.05) is 13.1 Å². The Hall–Kier alpha value is -0.291. The van der Waals surface area contributed by atoms with Crippen LogP contribution >= 0.6 is 10.1 Å². The van der Waals surface area contributed by atoms with Crippen LogP contribution in [-0.4, -0.2) is 30.1 Å². The number of aliphatic carboxylic acids is 1. The van der Waals surface area contributed by atoms with Crippen LogP contribution in [0.25, 0.3) is 5.32 Å². The van der Waals surface area contributed by atoms with Crippen LogP contribution in [0, 0.1) is 0 Å². The fourth-order valence-electron chi connectivity index (χ4n) is 0.220. The molecule has 0 radical (unpaired) electrons. The molecule has 5 nitrogen and oxygen atoms in total. The van der Waals surface area contributed by atoms with Gasteiger partial charge >= 0.3 is 25.2 Å². The molecule has 0 saturated heterocycles. The van der Waals surface area contributed by atoms with Gasteiger partial charge in [-0.3, -0.25) is 4.79 Å². The molecule has 11 heavy (non-hydrogen) atoms. The van der Waals surface area contributed by atoms with Gasteiger partial charge in [-0.05, 0) is 6.54 Å². The van der Waals surface area contributed by atoms with E-state index in [1.807, 2.05) is 0 Å². The Morgan fingerprint density at radius 3 is 2.27 bits per heavy atom. The van der Waals surface area contributed by atoms with E-state index in [1.54, 1.807) is 0 Å². The van der Waals surface area contributed by atoms with Crippen molar-refractivity contribution in [3.63, 3.8) is 0 Å². The summed E-state index contributed by atoms with van der Waals surface area (Å²) in [5.41, 5.74) is 4.82. The average molecular weight is 230 g/mol. The fraction of sp³-hybridized carbons (Fsp3) is 0.500. The molecule has 0 fully saturated rings. The molecule has 69 valence electrons. The molecule has 0 spiro atoms. The zero-order valence-corrected chi connectivity index (χ0v) is 7.08. The van der Waals surface area contributed by atoms with Crippen LogP contribution in [-0.2, 0) is 24.7 Å². The standard InChI is InChI=1S/C4H8N2O3.ClH.Cu/c5-1-3(7)6-2-4(8)9;;/h1-2,5H2,(H2,6,7,8,9);1H;/q;;+2/p-2. The third kappa shape index (κ3) is 12.8. The summed E-state index contributed by atoms with van der Waals surface area (Å²) in [6.07, 6.45) is 0. The minimum atomic E-state index is -1.13. The molecular weight excluding hydrogens is 223 g/mol. The molecule has 0 rings (SSSR count). The number of carbonyl (C=O) groups is 2. The van der Waals surface area contributed by atoms with Crippen molar-refractivity contribution in [2.24, 2.45) is 5.73 Å². The zero-order valence-electron chi connectivity index (χ0n) is 5.38. The van der Waals surface area contributed by atoms with Gasteiger partial charge in [0, 0.05) is 6.54 Å². The molecule has 0 heterocycles. The number of amides is 1. The predicted molar refractivity (Wildman–Crippen MR) is 35.8 cm³/mol. The van der Waals surface area contributed by atoms with E-state index < -0.39 is 18.4 Å². The second-order valence-electron chi connectivity index (χ2n) is 1.31. The molecule has 1 amide bonds. The van der Waals surface area contributed by atoms with Crippen molar-refractivity contribution in [3.8, 4) is 0 Å². The predicted octanol–water partition coefficient (Wildman–Crippen LogP) is -0.383. The summed E-state index contributed by atoms with van der Waals surface area (Å²) in [4.78, 5) is 19.9. The van der Waals surface area contributed by atoms with Crippen molar-refractivity contribution < 1.29 is 29.8 Å². The first-order valence-corrected chi connectivity index (χ1v) is 3.70. The molecule has 0 unspecified atom stereocenters. The van der Waals surface area contributed by atoms with Gasteiger partial charge in [-0.2, -0.15) is 0 Å². The van der Waals surface area contributed by atoms with Gasteiger partial charge in [-0.1, -0.05) is 0 Å². The first-order chi connectivity index (χ1) is 5.16. The molecule has 0 bridgehead atoms. The number of carboxylic acid groups (broad SMARTS) is 1. The summed E-state index contributed by atoms with van der Waals surface area (Å²) in [5.74, 6) is -1.71. The topological polar surface area (TPSA) is 94.5 Å². The second kappa shape index (κ2) is 9.71. The Morgan fingerprint density at radius 2 is 2.00 bits per heavy atom. The van der Waals surface area contributed by atoms with Crippen LogP contribution < -0.4 is 5.73 Å². The number of nitrogens with zero attached hydrogens (tertiary/aromatic N) is 1. The van der Waals surface area contributed by atoms with E-state index in [2.05, 4.69) is 30.5 Å². The van der Waals surface area contributed by atoms with Gasteiger partial charge in [0.1, 0.15) is 0 Å². The molecule has 0 aromatic heterocycles. The molecule has 0 aromatic carbocycles. The molecule has 3 N–H and O–H groups in total. The Morgan fingerprint density at radius 1 is 1.55 bits per heavy atom. The van der Waals surface area contributed by atoms with Gasteiger partial charge in [-0.25, -0.2) is 0 Å². The summed E-state index contributed by atoms with van der Waals surface area (Å²) < 4.78 is 0. The number of carboxylic acids is 1. The molecule has 7 heteroatoms. The van der Waals surface area contributed by atoms with E-state index in [9.17, 15) is 9.59 Å². The summed E-state index contributed by atoms with van der Waals surface area (Å²) in [6, 6.07) is 0. The fourth-order valence-corrected chi connectivity index (χ4v) is 0.220. The third-order valence-corrected chi connectivity index (χ3v) is 0.565. The first-order valence-electron chi connectivity index (χ1n) is 2.40. The SMILES string of the molecule is NCC(=O)[N-]CC(=O)O.[Cl][Cu+]. The van der Waals surface area contributed by atoms with E-state index >= 15 is 0 Å². The molecule has 0 atom stereocenters. The van der Waals surface area contributed by atoms with Gasteiger partial charge in [0.2, 0.25) is 0 Å². The molecule has 0 aliphatic rings. The zero-order chi connectivity index (χ0) is 9.28. The number of rotatable bonds is 3. The summed E-state index contributed by atoms with van der Waals surface area (Å²) >= 11 is 3.66. The quantitative estimate of drug-likeness (QED) is 0.646. The Bertz CT molecular complexity index is 133. The van der Waals surface area contributed by atoms with Crippen LogP contribution in [0.2, 0.25) is 0 Å². The van der Waals surface area contributed by atoms with Crippen LogP contribution in [0.4, 0.5) is 0 Å². The molecule has 0 saturated carbocycles. The van der Waals surface area contributed by atoms with Crippen molar-refractivity contribution in [2.45, 2.75) is 0 Å². The first kappa shape index (κ1) is 13.3.